The summed E-state index contributed by atoms with van der Waals surface area (Å²) in [5.41, 5.74) is 0.0689. The number of benzene rings is 4. The highest BCUT2D eigenvalue weighted by Crippen LogP contribution is 2.51. The van der Waals surface area contributed by atoms with Gasteiger partial charge in [0.15, 0.2) is 16.8 Å². The van der Waals surface area contributed by atoms with Gasteiger partial charge in [0.2, 0.25) is 0 Å². The van der Waals surface area contributed by atoms with Crippen LogP contribution in [0.3, 0.4) is 0 Å². The van der Waals surface area contributed by atoms with Gasteiger partial charge in [0.05, 0.1) is 9.79 Å². The third kappa shape index (κ3) is 4.62. The number of aromatic hydroxyl groups is 2. The number of halogens is 2. The summed E-state index contributed by atoms with van der Waals surface area (Å²) >= 11 is 1.88. The number of phenols is 2. The summed E-state index contributed by atoms with van der Waals surface area (Å²) in [5, 5.41) is 22.1. The van der Waals surface area contributed by atoms with Crippen molar-refractivity contribution in [3.8, 4) is 22.8 Å². The second kappa shape index (κ2) is 9.48. The Labute approximate surface area is 206 Å². The first-order valence-electron chi connectivity index (χ1n) is 10.4. The van der Waals surface area contributed by atoms with E-state index in [4.69, 9.17) is 4.42 Å². The maximum atomic E-state index is 13.9. The van der Waals surface area contributed by atoms with Gasteiger partial charge in [-0.1, -0.05) is 66.0 Å². The lowest BCUT2D eigenvalue weighted by molar-refractivity contribution is 0.420. The number of hydrogen-bond donors (Lipinski definition) is 2. The van der Waals surface area contributed by atoms with Crippen LogP contribution >= 0.6 is 23.5 Å². The van der Waals surface area contributed by atoms with Gasteiger partial charge in [-0.15, -0.1) is 0 Å². The maximum Gasteiger partial charge on any atom is 0.197 e. The summed E-state index contributed by atoms with van der Waals surface area (Å²) in [4.78, 5) is 14.1. The lowest BCUT2D eigenvalue weighted by Crippen LogP contribution is -2.03. The van der Waals surface area contributed by atoms with E-state index in [9.17, 15) is 23.8 Å². The first kappa shape index (κ1) is 23.0. The molecule has 0 saturated heterocycles. The molecule has 4 nitrogen and oxygen atoms in total. The van der Waals surface area contributed by atoms with Crippen LogP contribution in [0.15, 0.2) is 114 Å². The van der Waals surface area contributed by atoms with Crippen LogP contribution in [0.5, 0.6) is 11.5 Å². The third-order valence-electron chi connectivity index (χ3n) is 5.13. The van der Waals surface area contributed by atoms with Gasteiger partial charge in [-0.3, -0.25) is 4.79 Å². The molecule has 174 valence electrons. The molecule has 1 aromatic heterocycles. The predicted molar refractivity (Wildman–Crippen MR) is 132 cm³/mol. The van der Waals surface area contributed by atoms with Crippen LogP contribution in [-0.2, 0) is 0 Å². The van der Waals surface area contributed by atoms with Crippen molar-refractivity contribution in [2.75, 3.05) is 0 Å². The van der Waals surface area contributed by atoms with Crippen LogP contribution < -0.4 is 5.43 Å². The molecule has 0 radical (unpaired) electrons. The molecule has 0 bridgehead atoms. The van der Waals surface area contributed by atoms with Crippen LogP contribution in [0.2, 0.25) is 0 Å². The lowest BCUT2D eigenvalue weighted by atomic mass is 10.1. The zero-order chi connectivity index (χ0) is 24.5. The second-order valence-corrected chi connectivity index (χ2v) is 9.69. The molecule has 5 rings (SSSR count). The van der Waals surface area contributed by atoms with Crippen molar-refractivity contribution in [1.29, 1.82) is 0 Å². The summed E-state index contributed by atoms with van der Waals surface area (Å²) in [6, 6.07) is 21.5. The minimum absolute atomic E-state index is 0.0378. The van der Waals surface area contributed by atoms with Gasteiger partial charge in [0, 0.05) is 21.4 Å². The minimum atomic E-state index is -0.523. The SMILES string of the molecule is O=c1cc(-c2ccccc2)oc2c(Sc3cccc(F)c3)c(O)c(Sc3cccc(F)c3)c(O)c12. The Morgan fingerprint density at radius 2 is 1.29 bits per heavy atom. The van der Waals surface area contributed by atoms with Crippen molar-refractivity contribution in [2.45, 2.75) is 19.6 Å². The van der Waals surface area contributed by atoms with E-state index in [0.29, 0.717) is 15.4 Å². The van der Waals surface area contributed by atoms with Gasteiger partial charge < -0.3 is 14.6 Å². The normalized spacial score (nSPS) is 11.1. The Kier molecular flexibility index (Phi) is 6.23. The molecule has 0 unspecified atom stereocenters. The van der Waals surface area contributed by atoms with Crippen molar-refractivity contribution >= 4 is 34.5 Å². The zero-order valence-corrected chi connectivity index (χ0v) is 19.5. The van der Waals surface area contributed by atoms with Crippen molar-refractivity contribution in [1.82, 2.24) is 0 Å². The second-order valence-electron chi connectivity index (χ2n) is 7.52. The molecule has 0 fully saturated rings. The number of hydrogen-bond acceptors (Lipinski definition) is 6. The number of fused-ring (bicyclic) bond motifs is 1. The molecule has 1 heterocycles. The Bertz CT molecular complexity index is 1620. The monoisotopic (exact) mass is 506 g/mol. The summed E-state index contributed by atoms with van der Waals surface area (Å²) in [5.74, 6) is -1.57. The summed E-state index contributed by atoms with van der Waals surface area (Å²) in [6.45, 7) is 0. The topological polar surface area (TPSA) is 70.7 Å². The Morgan fingerprint density at radius 1 is 0.686 bits per heavy atom. The van der Waals surface area contributed by atoms with Crippen LogP contribution in [0, 0.1) is 11.6 Å². The molecule has 0 aliphatic heterocycles. The third-order valence-corrected chi connectivity index (χ3v) is 7.28. The van der Waals surface area contributed by atoms with Gasteiger partial charge in [0.25, 0.3) is 0 Å². The van der Waals surface area contributed by atoms with Crippen molar-refractivity contribution in [2.24, 2.45) is 0 Å². The molecule has 0 saturated carbocycles. The van der Waals surface area contributed by atoms with Crippen LogP contribution in [-0.4, -0.2) is 10.2 Å². The van der Waals surface area contributed by atoms with E-state index in [-0.39, 0.29) is 32.3 Å². The van der Waals surface area contributed by atoms with E-state index < -0.39 is 22.8 Å². The average Bonchev–Trinajstić information content (AvgIpc) is 2.84. The highest BCUT2D eigenvalue weighted by atomic mass is 32.2. The summed E-state index contributed by atoms with van der Waals surface area (Å²) < 4.78 is 33.7. The zero-order valence-electron chi connectivity index (χ0n) is 17.9. The van der Waals surface area contributed by atoms with E-state index >= 15 is 0 Å². The molecule has 2 N–H and O–H groups in total. The van der Waals surface area contributed by atoms with Crippen LogP contribution in [0.1, 0.15) is 0 Å². The highest BCUT2D eigenvalue weighted by Gasteiger charge is 2.25. The van der Waals surface area contributed by atoms with Crippen LogP contribution in [0.25, 0.3) is 22.3 Å². The standard InChI is InChI=1S/C27H16F2O4S2/c28-16-8-4-10-18(12-16)34-26-23(31)22-20(30)14-21(15-6-2-1-3-7-15)33-25(22)27(24(26)32)35-19-11-5-9-17(29)13-19/h1-14,31-32H. The molecule has 0 aliphatic rings. The van der Waals surface area contributed by atoms with Crippen LogP contribution in [0.4, 0.5) is 8.78 Å². The van der Waals surface area contributed by atoms with E-state index in [2.05, 4.69) is 0 Å². The maximum absolute atomic E-state index is 13.9. The first-order valence-corrected chi connectivity index (χ1v) is 12.0. The van der Waals surface area contributed by atoms with Gasteiger partial charge in [-0.2, -0.15) is 0 Å². The molecule has 0 amide bonds. The minimum Gasteiger partial charge on any atom is -0.506 e. The fourth-order valence-corrected chi connectivity index (χ4v) is 5.55. The first-order chi connectivity index (χ1) is 16.9. The number of phenolic OH excluding ortho intramolecular Hbond substituents is 2. The van der Waals surface area contributed by atoms with E-state index in [0.717, 1.165) is 23.5 Å². The predicted octanol–water partition coefficient (Wildman–Crippen LogP) is 7.45. The molecule has 0 aliphatic carbocycles. The fourth-order valence-electron chi connectivity index (χ4n) is 3.55. The molecule has 8 heteroatoms. The molecule has 0 atom stereocenters. The van der Waals surface area contributed by atoms with E-state index in [1.165, 1.54) is 42.5 Å². The quantitative estimate of drug-likeness (QED) is 0.258. The van der Waals surface area contributed by atoms with E-state index in [1.807, 2.05) is 6.07 Å². The summed E-state index contributed by atoms with van der Waals surface area (Å²) in [6.07, 6.45) is 0. The van der Waals surface area contributed by atoms with Crippen molar-refractivity contribution < 1.29 is 23.4 Å². The lowest BCUT2D eigenvalue weighted by Gasteiger charge is -2.15. The van der Waals surface area contributed by atoms with Gasteiger partial charge >= 0.3 is 0 Å². The average molecular weight is 507 g/mol. The summed E-state index contributed by atoms with van der Waals surface area (Å²) in [7, 11) is 0. The van der Waals surface area contributed by atoms with Crippen molar-refractivity contribution in [3.63, 3.8) is 0 Å². The molecule has 4 aromatic carbocycles. The largest absolute Gasteiger partial charge is 0.506 e. The molecular formula is C27H16F2O4S2. The Morgan fingerprint density at radius 3 is 1.89 bits per heavy atom. The van der Waals surface area contributed by atoms with Gasteiger partial charge in [-0.25, -0.2) is 8.78 Å². The molecular weight excluding hydrogens is 490 g/mol. The number of rotatable bonds is 5. The van der Waals surface area contributed by atoms with Gasteiger partial charge in [-0.05, 0) is 36.4 Å². The van der Waals surface area contributed by atoms with Crippen molar-refractivity contribution in [3.05, 3.63) is 107 Å². The molecule has 5 aromatic rings. The molecule has 0 spiro atoms. The van der Waals surface area contributed by atoms with Gasteiger partial charge in [0.1, 0.15) is 28.5 Å². The smallest absolute Gasteiger partial charge is 0.197 e. The Balaban J connectivity index is 1.77. The Hall–Kier alpha value is -3.75. The fraction of sp³-hybridized carbons (Fsp3) is 0. The van der Waals surface area contributed by atoms with E-state index in [1.54, 1.807) is 36.4 Å². The highest BCUT2D eigenvalue weighted by molar-refractivity contribution is 8.00. The molecule has 35 heavy (non-hydrogen) atoms.